The van der Waals surface area contributed by atoms with Gasteiger partial charge in [0.1, 0.15) is 6.10 Å². The van der Waals surface area contributed by atoms with Crippen molar-refractivity contribution in [1.82, 2.24) is 0 Å². The van der Waals surface area contributed by atoms with Crippen LogP contribution in [-0.4, -0.2) is 38.5 Å². The first kappa shape index (κ1) is 11.3. The lowest BCUT2D eigenvalue weighted by Gasteiger charge is -2.33. The van der Waals surface area contributed by atoms with Gasteiger partial charge in [0.15, 0.2) is 12.6 Å². The third kappa shape index (κ3) is 3.41. The molecule has 2 atom stereocenters. The first-order valence-electron chi connectivity index (χ1n) is 5.74. The van der Waals surface area contributed by atoms with E-state index in [1.807, 2.05) is 6.92 Å². The summed E-state index contributed by atoms with van der Waals surface area (Å²) in [4.78, 5) is 0. The summed E-state index contributed by atoms with van der Waals surface area (Å²) in [6.07, 6.45) is 2.02. The molecular formula is C11H20O4. The molecule has 4 nitrogen and oxygen atoms in total. The Bertz CT molecular complexity index is 161. The molecular weight excluding hydrogens is 196 g/mol. The first-order chi connectivity index (χ1) is 7.24. The molecule has 2 rings (SSSR count). The van der Waals surface area contributed by atoms with Crippen molar-refractivity contribution >= 4 is 0 Å². The molecule has 0 aromatic heterocycles. The Morgan fingerprint density at radius 2 is 1.67 bits per heavy atom. The van der Waals surface area contributed by atoms with Gasteiger partial charge in [0.25, 0.3) is 0 Å². The van der Waals surface area contributed by atoms with E-state index in [0.717, 1.165) is 13.0 Å². The van der Waals surface area contributed by atoms with Gasteiger partial charge in [0, 0.05) is 0 Å². The van der Waals surface area contributed by atoms with E-state index in [1.54, 1.807) is 0 Å². The molecule has 2 aliphatic rings. The zero-order valence-electron chi connectivity index (χ0n) is 9.48. The van der Waals surface area contributed by atoms with Crippen LogP contribution in [0, 0.1) is 5.92 Å². The molecule has 88 valence electrons. The Labute approximate surface area is 90.8 Å². The summed E-state index contributed by atoms with van der Waals surface area (Å²) in [5.41, 5.74) is 0. The molecule has 0 spiro atoms. The largest absolute Gasteiger partial charge is 0.352 e. The van der Waals surface area contributed by atoms with E-state index >= 15 is 0 Å². The summed E-state index contributed by atoms with van der Waals surface area (Å²) in [6.45, 7) is 6.11. The van der Waals surface area contributed by atoms with Gasteiger partial charge in [-0.15, -0.1) is 0 Å². The zero-order valence-corrected chi connectivity index (χ0v) is 9.48. The van der Waals surface area contributed by atoms with Gasteiger partial charge in [0.05, 0.1) is 19.8 Å². The number of hydrogen-bond donors (Lipinski definition) is 0. The second-order valence-electron chi connectivity index (χ2n) is 4.44. The van der Waals surface area contributed by atoms with Crippen molar-refractivity contribution in [3.63, 3.8) is 0 Å². The van der Waals surface area contributed by atoms with Gasteiger partial charge in [-0.25, -0.2) is 0 Å². The van der Waals surface area contributed by atoms with Crippen LogP contribution in [0.4, 0.5) is 0 Å². The highest BCUT2D eigenvalue weighted by atomic mass is 16.7. The van der Waals surface area contributed by atoms with Gasteiger partial charge >= 0.3 is 0 Å². The Morgan fingerprint density at radius 1 is 0.933 bits per heavy atom. The third-order valence-corrected chi connectivity index (χ3v) is 2.84. The van der Waals surface area contributed by atoms with Crippen molar-refractivity contribution in [2.24, 2.45) is 5.92 Å². The molecule has 2 heterocycles. The SMILES string of the molecule is CC1CCC(OC2COC(C)OC2)OC1. The lowest BCUT2D eigenvalue weighted by molar-refractivity contribution is -0.267. The van der Waals surface area contributed by atoms with Gasteiger partial charge in [0.2, 0.25) is 0 Å². The molecule has 2 unspecified atom stereocenters. The van der Waals surface area contributed by atoms with Gasteiger partial charge in [-0.1, -0.05) is 6.92 Å². The van der Waals surface area contributed by atoms with E-state index in [4.69, 9.17) is 18.9 Å². The average Bonchev–Trinajstić information content (AvgIpc) is 2.25. The van der Waals surface area contributed by atoms with Crippen LogP contribution in [0.15, 0.2) is 0 Å². The third-order valence-electron chi connectivity index (χ3n) is 2.84. The van der Waals surface area contributed by atoms with Crippen molar-refractivity contribution in [2.45, 2.75) is 45.4 Å². The molecule has 0 radical (unpaired) electrons. The van der Waals surface area contributed by atoms with Gasteiger partial charge in [-0.05, 0) is 25.7 Å². The summed E-state index contributed by atoms with van der Waals surface area (Å²) in [6, 6.07) is 0. The van der Waals surface area contributed by atoms with Crippen LogP contribution < -0.4 is 0 Å². The van der Waals surface area contributed by atoms with E-state index in [9.17, 15) is 0 Å². The van der Waals surface area contributed by atoms with Crippen LogP contribution in [0.25, 0.3) is 0 Å². The summed E-state index contributed by atoms with van der Waals surface area (Å²) in [7, 11) is 0. The maximum atomic E-state index is 5.76. The first-order valence-corrected chi connectivity index (χ1v) is 5.74. The smallest absolute Gasteiger partial charge is 0.158 e. The Kier molecular flexibility index (Phi) is 3.97. The van der Waals surface area contributed by atoms with Crippen molar-refractivity contribution in [3.05, 3.63) is 0 Å². The summed E-state index contributed by atoms with van der Waals surface area (Å²) in [5.74, 6) is 0.656. The highest BCUT2D eigenvalue weighted by molar-refractivity contribution is 4.66. The molecule has 0 saturated carbocycles. The number of hydrogen-bond acceptors (Lipinski definition) is 4. The predicted octanol–water partition coefficient (Wildman–Crippen LogP) is 1.54. The van der Waals surface area contributed by atoms with Crippen LogP contribution in [0.1, 0.15) is 26.7 Å². The van der Waals surface area contributed by atoms with Gasteiger partial charge in [-0.2, -0.15) is 0 Å². The van der Waals surface area contributed by atoms with Crippen molar-refractivity contribution in [3.8, 4) is 0 Å². The minimum atomic E-state index is -0.0999. The van der Waals surface area contributed by atoms with Crippen LogP contribution >= 0.6 is 0 Å². The maximum Gasteiger partial charge on any atom is 0.158 e. The highest BCUT2D eigenvalue weighted by Gasteiger charge is 2.26. The second kappa shape index (κ2) is 5.25. The number of ether oxygens (including phenoxy) is 4. The van der Waals surface area contributed by atoms with Crippen molar-refractivity contribution in [1.29, 1.82) is 0 Å². The van der Waals surface area contributed by atoms with E-state index in [-0.39, 0.29) is 18.7 Å². The monoisotopic (exact) mass is 216 g/mol. The molecule has 0 aromatic carbocycles. The molecule has 0 amide bonds. The fourth-order valence-electron chi connectivity index (χ4n) is 1.84. The van der Waals surface area contributed by atoms with Crippen molar-refractivity contribution < 1.29 is 18.9 Å². The van der Waals surface area contributed by atoms with Gasteiger partial charge < -0.3 is 18.9 Å². The zero-order chi connectivity index (χ0) is 10.7. The lowest BCUT2D eigenvalue weighted by atomic mass is 10.0. The van der Waals surface area contributed by atoms with E-state index < -0.39 is 0 Å². The van der Waals surface area contributed by atoms with Crippen LogP contribution in [-0.2, 0) is 18.9 Å². The molecule has 0 N–H and O–H groups in total. The molecule has 0 bridgehead atoms. The molecule has 0 aromatic rings. The molecule has 2 saturated heterocycles. The Morgan fingerprint density at radius 3 is 2.27 bits per heavy atom. The Hall–Kier alpha value is -0.160. The van der Waals surface area contributed by atoms with Crippen molar-refractivity contribution in [2.75, 3.05) is 19.8 Å². The van der Waals surface area contributed by atoms with Crippen LogP contribution in [0.3, 0.4) is 0 Å². The molecule has 2 fully saturated rings. The second-order valence-corrected chi connectivity index (χ2v) is 4.44. The topological polar surface area (TPSA) is 36.9 Å². The fourth-order valence-corrected chi connectivity index (χ4v) is 1.84. The number of rotatable bonds is 2. The normalized spacial score (nSPS) is 42.8. The standard InChI is InChI=1S/C11H20O4/c1-8-3-4-11(14-5-8)15-10-6-12-9(2)13-7-10/h8-11H,3-7H2,1-2H3. The molecule has 0 aliphatic carbocycles. The van der Waals surface area contributed by atoms with Crippen LogP contribution in [0.2, 0.25) is 0 Å². The summed E-state index contributed by atoms with van der Waals surface area (Å²) >= 11 is 0. The Balaban J connectivity index is 1.68. The minimum absolute atomic E-state index is 0.0274. The van der Waals surface area contributed by atoms with E-state index in [0.29, 0.717) is 19.1 Å². The average molecular weight is 216 g/mol. The van der Waals surface area contributed by atoms with Gasteiger partial charge in [-0.3, -0.25) is 0 Å². The lowest BCUT2D eigenvalue weighted by Crippen LogP contribution is -2.40. The molecule has 4 heteroatoms. The quantitative estimate of drug-likeness (QED) is 0.701. The van der Waals surface area contributed by atoms with E-state index in [2.05, 4.69) is 6.92 Å². The van der Waals surface area contributed by atoms with E-state index in [1.165, 1.54) is 6.42 Å². The van der Waals surface area contributed by atoms with Crippen LogP contribution in [0.5, 0.6) is 0 Å². The predicted molar refractivity (Wildman–Crippen MR) is 54.4 cm³/mol. The minimum Gasteiger partial charge on any atom is -0.352 e. The summed E-state index contributed by atoms with van der Waals surface area (Å²) in [5, 5.41) is 0. The fraction of sp³-hybridized carbons (Fsp3) is 1.00. The maximum absolute atomic E-state index is 5.76. The molecule has 2 aliphatic heterocycles. The highest BCUT2D eigenvalue weighted by Crippen LogP contribution is 2.21. The molecule has 15 heavy (non-hydrogen) atoms. The summed E-state index contributed by atoms with van der Waals surface area (Å²) < 4.78 is 22.0.